The van der Waals surface area contributed by atoms with Crippen molar-refractivity contribution in [2.45, 2.75) is 50.6 Å². The lowest BCUT2D eigenvalue weighted by atomic mass is 9.98. The molecule has 0 aromatic rings. The molecule has 2 N–H and O–H groups in total. The summed E-state index contributed by atoms with van der Waals surface area (Å²) in [6.45, 7) is 6.55. The van der Waals surface area contributed by atoms with Gasteiger partial charge in [0.15, 0.2) is 0 Å². The summed E-state index contributed by atoms with van der Waals surface area (Å²) in [4.78, 5) is 5.40. The third-order valence-electron chi connectivity index (χ3n) is 4.86. The van der Waals surface area contributed by atoms with Crippen molar-refractivity contribution in [3.63, 3.8) is 0 Å². The summed E-state index contributed by atoms with van der Waals surface area (Å²) in [7, 11) is 0. The zero-order valence-corrected chi connectivity index (χ0v) is 14.7. The highest BCUT2D eigenvalue weighted by molar-refractivity contribution is 5.86. The molecular formula is C14H30Cl3N3. The van der Waals surface area contributed by atoms with Gasteiger partial charge in [-0.25, -0.2) is 0 Å². The number of nitrogens with two attached hydrogens (primary N) is 1. The van der Waals surface area contributed by atoms with E-state index in [1.807, 2.05) is 0 Å². The first-order valence-electron chi connectivity index (χ1n) is 7.53. The molecule has 3 aliphatic rings. The van der Waals surface area contributed by atoms with Crippen LogP contribution in [0.3, 0.4) is 0 Å². The second-order valence-corrected chi connectivity index (χ2v) is 6.35. The van der Waals surface area contributed by atoms with E-state index in [1.54, 1.807) is 0 Å². The van der Waals surface area contributed by atoms with Crippen LogP contribution < -0.4 is 5.73 Å². The van der Waals surface area contributed by atoms with Gasteiger partial charge in [-0.05, 0) is 70.6 Å². The Kier molecular flexibility index (Phi) is 10.1. The molecule has 3 nitrogen and oxygen atoms in total. The number of hydrogen-bond acceptors (Lipinski definition) is 3. The van der Waals surface area contributed by atoms with E-state index in [-0.39, 0.29) is 37.2 Å². The van der Waals surface area contributed by atoms with Crippen molar-refractivity contribution in [1.82, 2.24) is 9.80 Å². The van der Waals surface area contributed by atoms with Crippen molar-refractivity contribution in [3.8, 4) is 0 Å². The minimum Gasteiger partial charge on any atom is -0.328 e. The zero-order chi connectivity index (χ0) is 11.7. The van der Waals surface area contributed by atoms with Gasteiger partial charge in [-0.1, -0.05) is 0 Å². The molecule has 2 aliphatic heterocycles. The summed E-state index contributed by atoms with van der Waals surface area (Å²) in [5, 5.41) is 0. The Bertz CT molecular complexity index is 248. The van der Waals surface area contributed by atoms with Crippen LogP contribution in [0.4, 0.5) is 0 Å². The van der Waals surface area contributed by atoms with Gasteiger partial charge in [0.1, 0.15) is 0 Å². The molecule has 0 unspecified atom stereocenters. The van der Waals surface area contributed by atoms with E-state index in [0.717, 1.165) is 12.0 Å². The highest BCUT2D eigenvalue weighted by Crippen LogP contribution is 2.31. The fourth-order valence-corrected chi connectivity index (χ4v) is 3.42. The van der Waals surface area contributed by atoms with Crippen LogP contribution in [0.25, 0.3) is 0 Å². The van der Waals surface area contributed by atoms with E-state index < -0.39 is 0 Å². The van der Waals surface area contributed by atoms with Crippen molar-refractivity contribution in [1.29, 1.82) is 0 Å². The number of hydrogen-bond donors (Lipinski definition) is 1. The fraction of sp³-hybridized carbons (Fsp3) is 1.00. The van der Waals surface area contributed by atoms with Gasteiger partial charge in [0.2, 0.25) is 0 Å². The van der Waals surface area contributed by atoms with Crippen molar-refractivity contribution in [2.24, 2.45) is 11.7 Å². The molecule has 1 saturated carbocycles. The monoisotopic (exact) mass is 345 g/mol. The Hall–Kier alpha value is 0.750. The predicted molar refractivity (Wildman–Crippen MR) is 92.7 cm³/mol. The second kappa shape index (κ2) is 9.70. The SMILES string of the molecule is Cl.Cl.Cl.NC1CCN(C2CCN(CC3CC3)CC2)CC1. The normalized spacial score (nSPS) is 26.2. The average Bonchev–Trinajstić information content (AvgIpc) is 3.15. The number of nitrogens with zero attached hydrogens (tertiary/aromatic N) is 2. The molecule has 6 heteroatoms. The molecule has 0 aromatic carbocycles. The van der Waals surface area contributed by atoms with Crippen LogP contribution in [-0.4, -0.2) is 54.6 Å². The minimum absolute atomic E-state index is 0. The molecule has 3 rings (SSSR count). The van der Waals surface area contributed by atoms with E-state index in [2.05, 4.69) is 9.80 Å². The molecule has 0 atom stereocenters. The van der Waals surface area contributed by atoms with Crippen LogP contribution in [0.1, 0.15) is 38.5 Å². The molecule has 2 heterocycles. The molecule has 122 valence electrons. The van der Waals surface area contributed by atoms with Crippen molar-refractivity contribution >= 4 is 37.2 Å². The second-order valence-electron chi connectivity index (χ2n) is 6.35. The van der Waals surface area contributed by atoms with Crippen molar-refractivity contribution in [3.05, 3.63) is 0 Å². The van der Waals surface area contributed by atoms with E-state index >= 15 is 0 Å². The Balaban J connectivity index is 0.00000120. The fourth-order valence-electron chi connectivity index (χ4n) is 3.42. The smallest absolute Gasteiger partial charge is 0.0120 e. The molecule has 1 aliphatic carbocycles. The van der Waals surface area contributed by atoms with Crippen LogP contribution in [0.15, 0.2) is 0 Å². The summed E-state index contributed by atoms with van der Waals surface area (Å²) in [6, 6.07) is 1.33. The van der Waals surface area contributed by atoms with Crippen molar-refractivity contribution < 1.29 is 0 Å². The minimum atomic E-state index is 0. The molecule has 0 aromatic heterocycles. The van der Waals surface area contributed by atoms with E-state index in [0.29, 0.717) is 6.04 Å². The Morgan fingerprint density at radius 1 is 0.750 bits per heavy atom. The summed E-state index contributed by atoms with van der Waals surface area (Å²) >= 11 is 0. The average molecular weight is 347 g/mol. The van der Waals surface area contributed by atoms with Crippen LogP contribution >= 0.6 is 37.2 Å². The molecule has 0 spiro atoms. The van der Waals surface area contributed by atoms with Gasteiger partial charge < -0.3 is 15.5 Å². The largest absolute Gasteiger partial charge is 0.328 e. The van der Waals surface area contributed by atoms with Gasteiger partial charge in [0, 0.05) is 18.6 Å². The van der Waals surface area contributed by atoms with Gasteiger partial charge in [-0.3, -0.25) is 0 Å². The van der Waals surface area contributed by atoms with Crippen molar-refractivity contribution in [2.75, 3.05) is 32.7 Å². The number of rotatable bonds is 3. The van der Waals surface area contributed by atoms with E-state index in [4.69, 9.17) is 5.73 Å². The first-order valence-corrected chi connectivity index (χ1v) is 7.53. The lowest BCUT2D eigenvalue weighted by molar-refractivity contribution is 0.0861. The maximum Gasteiger partial charge on any atom is 0.0120 e. The molecule has 0 radical (unpaired) electrons. The number of halogens is 3. The number of piperidine rings is 2. The molecule has 20 heavy (non-hydrogen) atoms. The maximum atomic E-state index is 5.98. The van der Waals surface area contributed by atoms with E-state index in [1.165, 1.54) is 71.2 Å². The molecular weight excluding hydrogens is 317 g/mol. The quantitative estimate of drug-likeness (QED) is 0.852. The van der Waals surface area contributed by atoms with Gasteiger partial charge in [0.05, 0.1) is 0 Å². The van der Waals surface area contributed by atoms with Crippen LogP contribution in [0.5, 0.6) is 0 Å². The highest BCUT2D eigenvalue weighted by Gasteiger charge is 2.30. The summed E-state index contributed by atoms with van der Waals surface area (Å²) < 4.78 is 0. The van der Waals surface area contributed by atoms with Gasteiger partial charge in [-0.15, -0.1) is 37.2 Å². The van der Waals surface area contributed by atoms with E-state index in [9.17, 15) is 0 Å². The highest BCUT2D eigenvalue weighted by atomic mass is 35.5. The first kappa shape index (κ1) is 20.8. The van der Waals surface area contributed by atoms with Crippen LogP contribution in [0, 0.1) is 5.92 Å². The molecule has 3 fully saturated rings. The molecule has 0 amide bonds. The summed E-state index contributed by atoms with van der Waals surface area (Å²) in [5.74, 6) is 1.06. The number of likely N-dealkylation sites (tertiary alicyclic amines) is 2. The Morgan fingerprint density at radius 2 is 1.30 bits per heavy atom. The lowest BCUT2D eigenvalue weighted by Crippen LogP contribution is -2.49. The Morgan fingerprint density at radius 3 is 1.80 bits per heavy atom. The Labute approximate surface area is 142 Å². The topological polar surface area (TPSA) is 32.5 Å². The maximum absolute atomic E-state index is 5.98. The third-order valence-corrected chi connectivity index (χ3v) is 4.86. The molecule has 0 bridgehead atoms. The third kappa shape index (κ3) is 5.86. The lowest BCUT2D eigenvalue weighted by Gasteiger charge is -2.41. The predicted octanol–water partition coefficient (Wildman–Crippen LogP) is 2.55. The van der Waals surface area contributed by atoms with Crippen LogP contribution in [0.2, 0.25) is 0 Å². The summed E-state index contributed by atoms with van der Waals surface area (Å²) in [6.07, 6.45) is 8.18. The standard InChI is InChI=1S/C14H27N3.3ClH/c15-13-3-9-17(10-4-13)14-5-7-16(8-6-14)11-12-1-2-12;;;/h12-14H,1-11,15H2;3*1H. The van der Waals surface area contributed by atoms with Gasteiger partial charge in [0.25, 0.3) is 0 Å². The first-order chi connectivity index (χ1) is 8.31. The van der Waals surface area contributed by atoms with Gasteiger partial charge in [-0.2, -0.15) is 0 Å². The zero-order valence-electron chi connectivity index (χ0n) is 12.2. The molecule has 2 saturated heterocycles. The van der Waals surface area contributed by atoms with Crippen LogP contribution in [-0.2, 0) is 0 Å². The van der Waals surface area contributed by atoms with Gasteiger partial charge >= 0.3 is 0 Å². The summed E-state index contributed by atoms with van der Waals surface area (Å²) in [5.41, 5.74) is 5.98.